The Labute approximate surface area is 233 Å². The van der Waals surface area contributed by atoms with Crippen molar-refractivity contribution >= 4 is 23.1 Å². The van der Waals surface area contributed by atoms with Gasteiger partial charge >= 0.3 is 0 Å². The monoisotopic (exact) mass is 556 g/mol. The fraction of sp³-hybridized carbons (Fsp3) is 0.452. The number of amides is 1. The Kier molecular flexibility index (Phi) is 7.61. The van der Waals surface area contributed by atoms with Gasteiger partial charge in [0.15, 0.2) is 5.60 Å². The molecule has 5 rings (SSSR count). The number of primary amides is 1. The summed E-state index contributed by atoms with van der Waals surface area (Å²) in [6.45, 7) is 4.13. The van der Waals surface area contributed by atoms with Crippen LogP contribution in [-0.4, -0.2) is 35.4 Å². The number of alkyl halides is 1. The molecule has 0 radical (unpaired) electrons. The van der Waals surface area contributed by atoms with Gasteiger partial charge in [-0.05, 0) is 44.6 Å². The van der Waals surface area contributed by atoms with Crippen molar-refractivity contribution in [3.05, 3.63) is 81.7 Å². The van der Waals surface area contributed by atoms with Crippen LogP contribution in [0.5, 0.6) is 5.75 Å². The van der Waals surface area contributed by atoms with Crippen LogP contribution in [0.15, 0.2) is 54.1 Å². The third-order valence-corrected chi connectivity index (χ3v) is 8.92. The van der Waals surface area contributed by atoms with Gasteiger partial charge < -0.3 is 20.9 Å². The van der Waals surface area contributed by atoms with Crippen molar-refractivity contribution in [1.29, 1.82) is 0 Å². The van der Waals surface area contributed by atoms with Crippen LogP contribution in [0.1, 0.15) is 62.6 Å². The van der Waals surface area contributed by atoms with Gasteiger partial charge in [-0.3, -0.25) is 4.79 Å². The predicted octanol–water partition coefficient (Wildman–Crippen LogP) is 5.77. The lowest BCUT2D eigenvalue weighted by molar-refractivity contribution is -0.114. The molecule has 39 heavy (non-hydrogen) atoms. The zero-order valence-corrected chi connectivity index (χ0v) is 23.0. The van der Waals surface area contributed by atoms with Crippen LogP contribution in [-0.2, 0) is 16.8 Å². The van der Waals surface area contributed by atoms with Crippen LogP contribution in [0.3, 0.4) is 0 Å². The molecule has 1 amide bonds. The third-order valence-electron chi connectivity index (χ3n) is 8.55. The van der Waals surface area contributed by atoms with E-state index in [1.807, 2.05) is 44.2 Å². The zero-order valence-electron chi connectivity index (χ0n) is 22.3. The molecular weight excluding hydrogens is 522 g/mol. The molecule has 8 heteroatoms. The molecule has 3 atom stereocenters. The minimum atomic E-state index is -1.58. The first-order chi connectivity index (χ1) is 18.5. The summed E-state index contributed by atoms with van der Waals surface area (Å²) < 4.78 is 37.9. The van der Waals surface area contributed by atoms with Crippen LogP contribution in [0.25, 0.3) is 5.57 Å². The third kappa shape index (κ3) is 5.24. The summed E-state index contributed by atoms with van der Waals surface area (Å²) in [5, 5.41) is 13.7. The number of carbonyl (C=O) groups is 1. The number of ether oxygens (including phenoxy) is 1. The average molecular weight is 557 g/mol. The van der Waals surface area contributed by atoms with Crippen molar-refractivity contribution in [3.63, 3.8) is 0 Å². The number of nitrogens with one attached hydrogen (secondary N) is 1. The van der Waals surface area contributed by atoms with E-state index < -0.39 is 35.0 Å². The normalized spacial score (nSPS) is 30.3. The van der Waals surface area contributed by atoms with Crippen molar-refractivity contribution < 1.29 is 23.4 Å². The molecule has 1 aliphatic heterocycles. The maximum Gasteiger partial charge on any atom is 0.249 e. The molecule has 1 saturated carbocycles. The summed E-state index contributed by atoms with van der Waals surface area (Å²) in [5.41, 5.74) is 5.70. The van der Waals surface area contributed by atoms with Gasteiger partial charge in [-0.2, -0.15) is 0 Å². The molecule has 0 saturated heterocycles. The predicted molar refractivity (Wildman–Crippen MR) is 149 cm³/mol. The zero-order chi connectivity index (χ0) is 27.9. The molecule has 3 aliphatic rings. The maximum absolute atomic E-state index is 16.0. The van der Waals surface area contributed by atoms with E-state index in [1.165, 1.54) is 12.1 Å². The lowest BCUT2D eigenvalue weighted by atomic mass is 9.79. The molecule has 2 aromatic carbocycles. The first-order valence-corrected chi connectivity index (χ1v) is 14.0. The molecule has 2 aromatic rings. The van der Waals surface area contributed by atoms with E-state index in [0.717, 1.165) is 18.4 Å². The number of aliphatic hydroxyl groups is 1. The second-order valence-electron chi connectivity index (χ2n) is 11.3. The van der Waals surface area contributed by atoms with E-state index in [9.17, 15) is 9.90 Å². The van der Waals surface area contributed by atoms with E-state index in [2.05, 4.69) is 5.32 Å². The highest BCUT2D eigenvalue weighted by atomic mass is 35.5. The Hall–Kier alpha value is -2.74. The van der Waals surface area contributed by atoms with Gasteiger partial charge in [0.25, 0.3) is 0 Å². The van der Waals surface area contributed by atoms with Gasteiger partial charge in [-0.25, -0.2) is 8.78 Å². The quantitative estimate of drug-likeness (QED) is 0.404. The number of benzene rings is 2. The number of carbonyl (C=O) groups excluding carboxylic acids is 1. The summed E-state index contributed by atoms with van der Waals surface area (Å²) in [5.74, 6) is -1.77. The van der Waals surface area contributed by atoms with Crippen LogP contribution in [0.2, 0.25) is 5.02 Å². The SMILES string of the molecule is CCC1C=CC(C(N)=O)=C(c2c(Cl)c(F)cc3c2C[C@@](CNC2CCC(C)(O)CC2)(c2ccccc2)O3)C1F. The number of nitrogens with two attached hydrogens (primary N) is 1. The van der Waals surface area contributed by atoms with Gasteiger partial charge in [-0.1, -0.05) is 61.0 Å². The van der Waals surface area contributed by atoms with Crippen molar-refractivity contribution in [2.45, 2.75) is 75.8 Å². The van der Waals surface area contributed by atoms with Crippen molar-refractivity contribution in [2.24, 2.45) is 11.7 Å². The molecule has 0 spiro atoms. The van der Waals surface area contributed by atoms with E-state index >= 15 is 8.78 Å². The Morgan fingerprint density at radius 1 is 1.26 bits per heavy atom. The highest BCUT2D eigenvalue weighted by Gasteiger charge is 2.45. The number of hydrogen-bond donors (Lipinski definition) is 3. The van der Waals surface area contributed by atoms with Gasteiger partial charge in [-0.15, -0.1) is 0 Å². The molecule has 4 N–H and O–H groups in total. The minimum Gasteiger partial charge on any atom is -0.480 e. The van der Waals surface area contributed by atoms with Crippen molar-refractivity contribution in [2.75, 3.05) is 6.54 Å². The first-order valence-electron chi connectivity index (χ1n) is 13.6. The number of rotatable bonds is 7. The molecule has 1 fully saturated rings. The number of allylic oxidation sites excluding steroid dienone is 2. The van der Waals surface area contributed by atoms with Crippen LogP contribution >= 0.6 is 11.6 Å². The largest absolute Gasteiger partial charge is 0.480 e. The number of fused-ring (bicyclic) bond motifs is 1. The van der Waals surface area contributed by atoms with Crippen LogP contribution < -0.4 is 15.8 Å². The molecular formula is C31H35ClF2N2O3. The number of hydrogen-bond acceptors (Lipinski definition) is 4. The summed E-state index contributed by atoms with van der Waals surface area (Å²) in [4.78, 5) is 12.4. The smallest absolute Gasteiger partial charge is 0.249 e. The van der Waals surface area contributed by atoms with E-state index in [0.29, 0.717) is 37.8 Å². The summed E-state index contributed by atoms with van der Waals surface area (Å²) in [6, 6.07) is 11.1. The van der Waals surface area contributed by atoms with E-state index in [4.69, 9.17) is 22.1 Å². The second-order valence-corrected chi connectivity index (χ2v) is 11.7. The fourth-order valence-electron chi connectivity index (χ4n) is 6.18. The molecule has 2 aliphatic carbocycles. The van der Waals surface area contributed by atoms with Crippen LogP contribution in [0, 0.1) is 11.7 Å². The van der Waals surface area contributed by atoms with Gasteiger partial charge in [0, 0.05) is 53.3 Å². The molecule has 0 bridgehead atoms. The van der Waals surface area contributed by atoms with Gasteiger partial charge in [0.2, 0.25) is 5.91 Å². The first kappa shape index (κ1) is 27.8. The number of halogens is 3. The second kappa shape index (κ2) is 10.7. The average Bonchev–Trinajstić information content (AvgIpc) is 3.28. The minimum absolute atomic E-state index is 0.00788. The van der Waals surface area contributed by atoms with Gasteiger partial charge in [0.1, 0.15) is 17.7 Å². The molecule has 2 unspecified atom stereocenters. The van der Waals surface area contributed by atoms with E-state index in [-0.39, 0.29) is 33.5 Å². The summed E-state index contributed by atoms with van der Waals surface area (Å²) in [6.07, 6.45) is 5.40. The lowest BCUT2D eigenvalue weighted by Crippen LogP contribution is -2.48. The van der Waals surface area contributed by atoms with E-state index in [1.54, 1.807) is 6.08 Å². The Bertz CT molecular complexity index is 1320. The summed E-state index contributed by atoms with van der Waals surface area (Å²) >= 11 is 6.55. The molecule has 5 nitrogen and oxygen atoms in total. The van der Waals surface area contributed by atoms with Crippen LogP contribution in [0.4, 0.5) is 8.78 Å². The molecule has 208 valence electrons. The maximum atomic E-state index is 16.0. The standard InChI is InChI=1S/C31H35ClF2N2O3/c1-3-18-9-10-21(29(35)37)26(28(18)34)25-22-16-31(19-7-5-4-6-8-19,39-24(22)15-23(33)27(25)32)17-36-20-11-13-30(2,38)14-12-20/h4-10,15,18,20,28,36,38H,3,11-14,16-17H2,1-2H3,(H2,35,37)/t18?,20?,28?,30?,31-/m1/s1. The highest BCUT2D eigenvalue weighted by Crippen LogP contribution is 2.50. The topological polar surface area (TPSA) is 84.6 Å². The molecule has 0 aromatic heterocycles. The Balaban J connectivity index is 1.58. The molecule has 1 heterocycles. The van der Waals surface area contributed by atoms with Gasteiger partial charge in [0.05, 0.1) is 10.6 Å². The fourth-order valence-corrected chi connectivity index (χ4v) is 6.45. The summed E-state index contributed by atoms with van der Waals surface area (Å²) in [7, 11) is 0. The Morgan fingerprint density at radius 2 is 1.95 bits per heavy atom. The van der Waals surface area contributed by atoms with Crippen molar-refractivity contribution in [1.82, 2.24) is 5.32 Å². The lowest BCUT2D eigenvalue weighted by Gasteiger charge is -2.36. The highest BCUT2D eigenvalue weighted by molar-refractivity contribution is 6.33. The van der Waals surface area contributed by atoms with Crippen molar-refractivity contribution in [3.8, 4) is 5.75 Å². The Morgan fingerprint density at radius 3 is 2.59 bits per heavy atom.